The van der Waals surface area contributed by atoms with Gasteiger partial charge in [0, 0.05) is 5.75 Å². The van der Waals surface area contributed by atoms with Gasteiger partial charge in [0.15, 0.2) is 0 Å². The van der Waals surface area contributed by atoms with Gasteiger partial charge in [0.25, 0.3) is 0 Å². The average molecular weight is 516 g/mol. The summed E-state index contributed by atoms with van der Waals surface area (Å²) in [6.07, 6.45) is 10.2. The minimum Gasteiger partial charge on any atom is -0.277 e. The normalized spacial score (nSPS) is 12.0. The smallest absolute Gasteiger partial charge is 0.277 e. The second-order valence-electron chi connectivity index (χ2n) is 8.62. The maximum absolute atomic E-state index is 10.7. The number of unbranched alkanes of at least 4 members (excludes halogenated alkanes) is 7. The highest BCUT2D eigenvalue weighted by Gasteiger charge is 2.44. The quantitative estimate of drug-likeness (QED) is 0.107. The number of hydrogen-bond donors (Lipinski definition) is 1. The Kier molecular flexibility index (Phi) is 11.1. The van der Waals surface area contributed by atoms with E-state index in [9.17, 15) is 8.42 Å². The topological polar surface area (TPSA) is 54.4 Å². The number of rotatable bonds is 15. The molecule has 0 radical (unpaired) electrons. The Morgan fingerprint density at radius 1 is 0.559 bits per heavy atom. The van der Waals surface area contributed by atoms with Crippen LogP contribution in [-0.2, 0) is 9.15 Å². The van der Waals surface area contributed by atoms with Crippen molar-refractivity contribution in [2.24, 2.45) is 0 Å². The van der Waals surface area contributed by atoms with Crippen LogP contribution in [0.4, 0.5) is 0 Å². The van der Waals surface area contributed by atoms with Crippen LogP contribution < -0.4 is 15.9 Å². The minimum absolute atomic E-state index is 0.475. The van der Waals surface area contributed by atoms with E-state index in [-0.39, 0.29) is 0 Å². The lowest BCUT2D eigenvalue weighted by atomic mass is 10.1. The first kappa shape index (κ1) is 26.9. The van der Waals surface area contributed by atoms with E-state index in [1.807, 2.05) is 0 Å². The SMILES string of the molecule is O=S(=O)(O)SCCCCCCCCCC[P+](c1ccccc1)(c1ccccc1)c1ccccc1. The van der Waals surface area contributed by atoms with Crippen molar-refractivity contribution in [2.75, 3.05) is 11.9 Å². The zero-order valence-electron chi connectivity index (χ0n) is 19.8. The Labute approximate surface area is 209 Å². The fraction of sp³-hybridized carbons (Fsp3) is 0.357. The van der Waals surface area contributed by atoms with Gasteiger partial charge in [-0.15, -0.1) is 0 Å². The lowest BCUT2D eigenvalue weighted by molar-refractivity contribution is 0.503. The molecule has 0 spiro atoms. The van der Waals surface area contributed by atoms with Crippen molar-refractivity contribution in [3.63, 3.8) is 0 Å². The maximum atomic E-state index is 10.7. The molecule has 1 N–H and O–H groups in total. The Morgan fingerprint density at radius 2 is 0.912 bits per heavy atom. The molecule has 182 valence electrons. The molecule has 0 heterocycles. The Bertz CT molecular complexity index is 962. The number of benzene rings is 3. The molecule has 3 aromatic carbocycles. The van der Waals surface area contributed by atoms with Crippen LogP contribution in [0.1, 0.15) is 51.4 Å². The Balaban J connectivity index is 1.58. The molecule has 6 heteroatoms. The lowest BCUT2D eigenvalue weighted by Crippen LogP contribution is -2.33. The molecule has 0 unspecified atom stereocenters. The van der Waals surface area contributed by atoms with E-state index < -0.39 is 16.4 Å². The molecule has 3 nitrogen and oxygen atoms in total. The van der Waals surface area contributed by atoms with Crippen LogP contribution in [0.3, 0.4) is 0 Å². The van der Waals surface area contributed by atoms with E-state index in [0.717, 1.165) is 19.3 Å². The molecule has 3 rings (SSSR count). The summed E-state index contributed by atoms with van der Waals surface area (Å²) in [6, 6.07) is 33.2. The van der Waals surface area contributed by atoms with Crippen molar-refractivity contribution in [1.29, 1.82) is 0 Å². The largest absolute Gasteiger partial charge is 0.319 e. The van der Waals surface area contributed by atoms with Gasteiger partial charge in [-0.2, -0.15) is 8.42 Å². The van der Waals surface area contributed by atoms with Crippen LogP contribution in [0.25, 0.3) is 0 Å². The van der Waals surface area contributed by atoms with Crippen molar-refractivity contribution in [3.05, 3.63) is 91.0 Å². The molecular formula is C28H36O3PS2+. The molecular weight excluding hydrogens is 479 g/mol. The summed E-state index contributed by atoms with van der Waals surface area (Å²) in [4.78, 5) is 0. The van der Waals surface area contributed by atoms with Gasteiger partial charge in [0.05, 0.1) is 6.16 Å². The van der Waals surface area contributed by atoms with Gasteiger partial charge in [-0.1, -0.05) is 86.7 Å². The zero-order chi connectivity index (χ0) is 24.1. The highest BCUT2D eigenvalue weighted by molar-refractivity contribution is 8.69. The zero-order valence-corrected chi connectivity index (χ0v) is 22.3. The van der Waals surface area contributed by atoms with Crippen LogP contribution >= 0.6 is 18.1 Å². The highest BCUT2D eigenvalue weighted by atomic mass is 33.1. The van der Waals surface area contributed by atoms with Gasteiger partial charge < -0.3 is 0 Å². The monoisotopic (exact) mass is 515 g/mol. The summed E-state index contributed by atoms with van der Waals surface area (Å²) in [7, 11) is -4.96. The highest BCUT2D eigenvalue weighted by Crippen LogP contribution is 2.55. The predicted octanol–water partition coefficient (Wildman–Crippen LogP) is 6.64. The van der Waals surface area contributed by atoms with Crippen LogP contribution in [0.15, 0.2) is 91.0 Å². The van der Waals surface area contributed by atoms with Gasteiger partial charge in [-0.3, -0.25) is 4.55 Å². The van der Waals surface area contributed by atoms with E-state index in [2.05, 4.69) is 91.0 Å². The Hall–Kier alpha value is -1.65. The summed E-state index contributed by atoms with van der Waals surface area (Å²) in [5.41, 5.74) is 0. The minimum atomic E-state index is -3.89. The molecule has 0 aliphatic carbocycles. The average Bonchev–Trinajstić information content (AvgIpc) is 2.86. The first-order valence-electron chi connectivity index (χ1n) is 12.2. The Morgan fingerprint density at radius 3 is 1.29 bits per heavy atom. The van der Waals surface area contributed by atoms with Crippen LogP contribution in [0.5, 0.6) is 0 Å². The second-order valence-corrected chi connectivity index (χ2v) is 15.7. The third-order valence-electron chi connectivity index (χ3n) is 6.21. The molecule has 0 atom stereocenters. The van der Waals surface area contributed by atoms with Gasteiger partial charge in [0.1, 0.15) is 23.2 Å². The molecule has 0 aromatic heterocycles. The third-order valence-corrected chi connectivity index (χ3v) is 12.9. The molecule has 0 aliphatic rings. The summed E-state index contributed by atoms with van der Waals surface area (Å²) in [5, 5.41) is 4.36. The molecule has 0 aliphatic heterocycles. The molecule has 0 saturated carbocycles. The van der Waals surface area contributed by atoms with E-state index in [0.29, 0.717) is 16.5 Å². The van der Waals surface area contributed by atoms with Crippen molar-refractivity contribution in [1.82, 2.24) is 0 Å². The first-order chi connectivity index (χ1) is 16.5. The number of hydrogen-bond acceptors (Lipinski definition) is 3. The van der Waals surface area contributed by atoms with Gasteiger partial charge in [0.2, 0.25) is 0 Å². The second kappa shape index (κ2) is 14.0. The fourth-order valence-corrected chi connectivity index (χ4v) is 10.5. The van der Waals surface area contributed by atoms with E-state index in [1.54, 1.807) is 0 Å². The van der Waals surface area contributed by atoms with Gasteiger partial charge >= 0.3 is 9.15 Å². The standard InChI is InChI=1S/C28H35O3PS2/c29-34(30,31)33-25-17-6-4-2-1-3-5-16-24-32(26-18-10-7-11-19-26,27-20-12-8-13-21-27)28-22-14-9-15-23-28/h7-15,18-23H,1-6,16-17,24-25H2/p+1. The van der Waals surface area contributed by atoms with Gasteiger partial charge in [-0.05, 0) is 66.5 Å². The molecule has 0 saturated heterocycles. The maximum Gasteiger partial charge on any atom is 0.319 e. The lowest BCUT2D eigenvalue weighted by Gasteiger charge is -2.27. The van der Waals surface area contributed by atoms with Crippen molar-refractivity contribution < 1.29 is 13.0 Å². The summed E-state index contributed by atoms with van der Waals surface area (Å²) < 4.78 is 30.2. The summed E-state index contributed by atoms with van der Waals surface area (Å²) >= 11 is 0. The molecule has 3 aromatic rings. The van der Waals surface area contributed by atoms with Crippen molar-refractivity contribution in [3.8, 4) is 0 Å². The molecule has 0 bridgehead atoms. The summed E-state index contributed by atoms with van der Waals surface area (Å²) in [6.45, 7) is 0. The molecule has 34 heavy (non-hydrogen) atoms. The van der Waals surface area contributed by atoms with Crippen LogP contribution in [0, 0.1) is 0 Å². The molecule has 0 amide bonds. The summed E-state index contributed by atoms with van der Waals surface area (Å²) in [5.74, 6) is 0.475. The van der Waals surface area contributed by atoms with E-state index in [4.69, 9.17) is 4.55 Å². The fourth-order valence-electron chi connectivity index (χ4n) is 4.56. The predicted molar refractivity (Wildman–Crippen MR) is 151 cm³/mol. The van der Waals surface area contributed by atoms with E-state index >= 15 is 0 Å². The molecule has 0 fully saturated rings. The van der Waals surface area contributed by atoms with E-state index in [1.165, 1.54) is 54.2 Å². The van der Waals surface area contributed by atoms with Crippen molar-refractivity contribution >= 4 is 43.1 Å². The van der Waals surface area contributed by atoms with Crippen LogP contribution in [0.2, 0.25) is 0 Å². The van der Waals surface area contributed by atoms with Crippen molar-refractivity contribution in [2.45, 2.75) is 51.4 Å². The third kappa shape index (κ3) is 8.23. The first-order valence-corrected chi connectivity index (χ1v) is 17.1. The van der Waals surface area contributed by atoms with Gasteiger partial charge in [-0.25, -0.2) is 0 Å². The van der Waals surface area contributed by atoms with Crippen LogP contribution in [-0.4, -0.2) is 24.9 Å².